The zero-order valence-electron chi connectivity index (χ0n) is 21.3. The number of thiazole rings is 1. The fourth-order valence-electron chi connectivity index (χ4n) is 4.63. The number of hydrogen-bond acceptors (Lipinski definition) is 7. The number of Topliss-reactive ketones (excluding diaryl/α,β-unsaturated/α-hetero) is 1. The number of carbonyl (C=O) groups is 3. The highest BCUT2D eigenvalue weighted by molar-refractivity contribution is 7.12. The van der Waals surface area contributed by atoms with Gasteiger partial charge in [-0.2, -0.15) is 0 Å². The minimum absolute atomic E-state index is 0.00856. The van der Waals surface area contributed by atoms with Crippen molar-refractivity contribution in [2.24, 2.45) is 5.92 Å². The van der Waals surface area contributed by atoms with Crippen LogP contribution in [0.2, 0.25) is 0 Å². The largest absolute Gasteiger partial charge is 0.344 e. The maximum Gasteiger partial charge on any atom is 0.237 e. The van der Waals surface area contributed by atoms with Crippen LogP contribution >= 0.6 is 11.3 Å². The van der Waals surface area contributed by atoms with Crippen molar-refractivity contribution in [1.82, 2.24) is 15.6 Å². The number of ketones is 2. The average Bonchev–Trinajstić information content (AvgIpc) is 3.27. The number of benzene rings is 1. The predicted molar refractivity (Wildman–Crippen MR) is 139 cm³/mol. The third kappa shape index (κ3) is 6.31. The van der Waals surface area contributed by atoms with Crippen molar-refractivity contribution in [2.45, 2.75) is 77.3 Å². The molecule has 0 bridgehead atoms. The Morgan fingerprint density at radius 3 is 2.39 bits per heavy atom. The van der Waals surface area contributed by atoms with E-state index in [-0.39, 0.29) is 34.8 Å². The van der Waals surface area contributed by atoms with Crippen LogP contribution in [0.15, 0.2) is 24.3 Å². The van der Waals surface area contributed by atoms with Gasteiger partial charge in [-0.3, -0.25) is 14.4 Å². The van der Waals surface area contributed by atoms with Crippen molar-refractivity contribution in [3.63, 3.8) is 0 Å². The summed E-state index contributed by atoms with van der Waals surface area (Å²) in [4.78, 5) is 44.5. The van der Waals surface area contributed by atoms with Gasteiger partial charge in [0.05, 0.1) is 23.7 Å². The first-order valence-corrected chi connectivity index (χ1v) is 13.4. The summed E-state index contributed by atoms with van der Waals surface area (Å²) in [5, 5.41) is 15.2. The molecule has 0 saturated heterocycles. The van der Waals surface area contributed by atoms with E-state index >= 15 is 0 Å². The minimum atomic E-state index is -0.753. The van der Waals surface area contributed by atoms with Crippen molar-refractivity contribution in [2.75, 3.05) is 7.05 Å². The Balaban J connectivity index is 1.86. The number of rotatable bonds is 11. The number of halogens is 1. The normalized spacial score (nSPS) is 16.7. The molecule has 3 rings (SSSR count). The average molecular weight is 515 g/mol. The Kier molecular flexibility index (Phi) is 9.62. The van der Waals surface area contributed by atoms with Gasteiger partial charge in [0.15, 0.2) is 5.78 Å². The molecule has 194 valence electrons. The third-order valence-electron chi connectivity index (χ3n) is 6.98. The summed E-state index contributed by atoms with van der Waals surface area (Å²) in [6, 6.07) is 4.09. The van der Waals surface area contributed by atoms with Crippen LogP contribution < -0.4 is 10.6 Å². The van der Waals surface area contributed by atoms with E-state index in [2.05, 4.69) is 15.6 Å². The third-order valence-corrected chi connectivity index (χ3v) is 8.07. The summed E-state index contributed by atoms with van der Waals surface area (Å²) in [5.74, 6) is -1.99. The fraction of sp³-hybridized carbons (Fsp3) is 0.519. The molecule has 3 atom stereocenters. The minimum Gasteiger partial charge on any atom is -0.344 e. The van der Waals surface area contributed by atoms with E-state index in [4.69, 9.17) is 5.41 Å². The van der Waals surface area contributed by atoms with E-state index in [0.717, 1.165) is 32.1 Å². The van der Waals surface area contributed by atoms with E-state index in [9.17, 15) is 18.8 Å². The van der Waals surface area contributed by atoms with Crippen LogP contribution in [0.25, 0.3) is 0 Å². The molecule has 0 radical (unpaired) electrons. The Morgan fingerprint density at radius 2 is 1.81 bits per heavy atom. The molecule has 1 heterocycles. The van der Waals surface area contributed by atoms with Gasteiger partial charge in [0.1, 0.15) is 16.5 Å². The van der Waals surface area contributed by atoms with Gasteiger partial charge in [-0.25, -0.2) is 9.37 Å². The highest BCUT2D eigenvalue weighted by atomic mass is 32.1. The topological polar surface area (TPSA) is 112 Å². The highest BCUT2D eigenvalue weighted by Gasteiger charge is 2.37. The highest BCUT2D eigenvalue weighted by Crippen LogP contribution is 2.32. The van der Waals surface area contributed by atoms with Gasteiger partial charge in [0, 0.05) is 10.4 Å². The molecular weight excluding hydrogens is 479 g/mol. The quantitative estimate of drug-likeness (QED) is 0.300. The molecule has 3 N–H and O–H groups in total. The van der Waals surface area contributed by atoms with Crippen molar-refractivity contribution in [1.29, 1.82) is 5.41 Å². The Bertz CT molecular complexity index is 1110. The second kappa shape index (κ2) is 12.5. The predicted octanol–water partition coefficient (Wildman–Crippen LogP) is 4.58. The molecule has 1 aliphatic rings. The van der Waals surface area contributed by atoms with Crippen molar-refractivity contribution in [3.05, 3.63) is 51.2 Å². The molecule has 1 aromatic carbocycles. The number of hydrogen-bond donors (Lipinski definition) is 3. The first-order chi connectivity index (χ1) is 17.2. The zero-order valence-corrected chi connectivity index (χ0v) is 22.1. The number of nitrogens with zero attached hydrogens (tertiary/aromatic N) is 1. The van der Waals surface area contributed by atoms with Crippen LogP contribution in [-0.4, -0.2) is 47.3 Å². The van der Waals surface area contributed by atoms with Gasteiger partial charge >= 0.3 is 0 Å². The smallest absolute Gasteiger partial charge is 0.237 e. The van der Waals surface area contributed by atoms with Gasteiger partial charge < -0.3 is 16.0 Å². The Hall–Kier alpha value is -2.78. The van der Waals surface area contributed by atoms with Crippen LogP contribution in [0.3, 0.4) is 0 Å². The number of aromatic nitrogens is 1. The molecular formula is C27H35FN4O3S. The Morgan fingerprint density at radius 1 is 1.17 bits per heavy atom. The summed E-state index contributed by atoms with van der Waals surface area (Å²) in [7, 11) is 1.69. The fourth-order valence-corrected chi connectivity index (χ4v) is 5.74. The van der Waals surface area contributed by atoms with Gasteiger partial charge in [-0.15, -0.1) is 11.3 Å². The van der Waals surface area contributed by atoms with Gasteiger partial charge in [0.2, 0.25) is 11.7 Å². The van der Waals surface area contributed by atoms with E-state index in [1.807, 2.05) is 6.92 Å². The molecule has 1 aromatic heterocycles. The molecule has 0 unspecified atom stereocenters. The van der Waals surface area contributed by atoms with Crippen LogP contribution in [0.1, 0.15) is 84.2 Å². The SMILES string of the molecule is CC[C@@H](C(=N)C(=O)[C@@H](NC(=O)[C@H](C)NC)C1CCCCC1)c1nc(C(=O)c2ccc(F)cc2)c(C)s1. The Labute approximate surface area is 215 Å². The van der Waals surface area contributed by atoms with Crippen LogP contribution in [0.5, 0.6) is 0 Å². The number of amides is 1. The maximum atomic E-state index is 13.7. The van der Waals surface area contributed by atoms with E-state index < -0.39 is 23.8 Å². The maximum absolute atomic E-state index is 13.7. The van der Waals surface area contributed by atoms with Crippen LogP contribution in [-0.2, 0) is 9.59 Å². The summed E-state index contributed by atoms with van der Waals surface area (Å²) in [5.41, 5.74) is 0.481. The summed E-state index contributed by atoms with van der Waals surface area (Å²) < 4.78 is 13.3. The molecule has 0 aliphatic heterocycles. The lowest BCUT2D eigenvalue weighted by atomic mass is 9.79. The lowest BCUT2D eigenvalue weighted by Gasteiger charge is -2.31. The summed E-state index contributed by atoms with van der Waals surface area (Å²) in [6.45, 7) is 5.39. The van der Waals surface area contributed by atoms with Crippen molar-refractivity contribution < 1.29 is 18.8 Å². The molecule has 9 heteroatoms. The lowest BCUT2D eigenvalue weighted by molar-refractivity contribution is -0.127. The molecule has 0 spiro atoms. The number of likely N-dealkylation sites (N-methyl/N-ethyl adjacent to an activating group) is 1. The zero-order chi connectivity index (χ0) is 26.4. The molecule has 1 saturated carbocycles. The lowest BCUT2D eigenvalue weighted by Crippen LogP contribution is -2.53. The van der Waals surface area contributed by atoms with E-state index in [1.165, 1.54) is 35.6 Å². The monoisotopic (exact) mass is 514 g/mol. The van der Waals surface area contributed by atoms with Crippen molar-refractivity contribution >= 4 is 34.5 Å². The first-order valence-electron chi connectivity index (χ1n) is 12.6. The van der Waals surface area contributed by atoms with Gasteiger partial charge in [-0.05, 0) is 70.3 Å². The molecule has 36 heavy (non-hydrogen) atoms. The number of carbonyl (C=O) groups excluding carboxylic acids is 3. The first kappa shape index (κ1) is 27.8. The van der Waals surface area contributed by atoms with Gasteiger partial charge in [0.25, 0.3) is 0 Å². The van der Waals surface area contributed by atoms with E-state index in [1.54, 1.807) is 20.9 Å². The molecule has 1 amide bonds. The van der Waals surface area contributed by atoms with E-state index in [0.29, 0.717) is 21.9 Å². The van der Waals surface area contributed by atoms with Crippen LogP contribution in [0, 0.1) is 24.1 Å². The second-order valence-electron chi connectivity index (χ2n) is 9.43. The molecule has 1 aliphatic carbocycles. The summed E-state index contributed by atoms with van der Waals surface area (Å²) in [6.07, 6.45) is 5.23. The van der Waals surface area contributed by atoms with Gasteiger partial charge in [-0.1, -0.05) is 26.2 Å². The molecule has 1 fully saturated rings. The molecule has 7 nitrogen and oxygen atoms in total. The van der Waals surface area contributed by atoms with Crippen LogP contribution in [0.4, 0.5) is 4.39 Å². The molecule has 2 aromatic rings. The standard InChI is InChI=1S/C27H35FN4O3S/c1-5-20(27-32-22(16(3)36-27)24(33)18-11-13-19(28)14-12-18)21(29)25(34)23(17-9-7-6-8-10-17)31-26(35)15(2)30-4/h11-15,17,20,23,29-30H,5-10H2,1-4H3,(H,31,35)/t15-,20-,23-/m0/s1. The number of aryl methyl sites for hydroxylation is 1. The number of nitrogens with one attached hydrogen (secondary N) is 3. The second-order valence-corrected chi connectivity index (χ2v) is 10.7. The van der Waals surface area contributed by atoms with Crippen molar-refractivity contribution in [3.8, 4) is 0 Å². The summed E-state index contributed by atoms with van der Waals surface area (Å²) >= 11 is 1.29.